The summed E-state index contributed by atoms with van der Waals surface area (Å²) < 4.78 is 0. The van der Waals surface area contributed by atoms with E-state index in [0.29, 0.717) is 6.04 Å². The predicted octanol–water partition coefficient (Wildman–Crippen LogP) is 1.88. The lowest BCUT2D eigenvalue weighted by Crippen LogP contribution is -2.44. The van der Waals surface area contributed by atoms with Crippen LogP contribution in [0.5, 0.6) is 0 Å². The van der Waals surface area contributed by atoms with Crippen molar-refractivity contribution < 1.29 is 15.0 Å². The van der Waals surface area contributed by atoms with E-state index >= 15 is 0 Å². The maximum absolute atomic E-state index is 10.9. The highest BCUT2D eigenvalue weighted by molar-refractivity contribution is 5.67. The Morgan fingerprint density at radius 2 is 1.95 bits per heavy atom. The summed E-state index contributed by atoms with van der Waals surface area (Å²) in [5.74, 6) is -0.507. The molecule has 108 valence electrons. The molecule has 3 rings (SSSR count). The second-order valence-electron chi connectivity index (χ2n) is 6.12. The first-order valence-electron chi connectivity index (χ1n) is 7.33. The van der Waals surface area contributed by atoms with Crippen LogP contribution in [0.15, 0.2) is 30.3 Å². The molecule has 0 saturated carbocycles. The molecule has 4 nitrogen and oxygen atoms in total. The fourth-order valence-electron chi connectivity index (χ4n) is 3.86. The standard InChI is InChI=1S/C16H21NO3/c18-15-9-13-6-12(8-16(19)20)7-14(15)17(13)10-11-4-2-1-3-5-11/h1-5,12-15,18H,6-10H2,(H,19,20). The Hall–Kier alpha value is -1.39. The number of carboxylic acids is 1. The zero-order valence-corrected chi connectivity index (χ0v) is 11.5. The number of hydrogen-bond donors (Lipinski definition) is 2. The number of benzene rings is 1. The minimum absolute atomic E-state index is 0.123. The SMILES string of the molecule is O=C(O)CC1CC2CC(O)C(C1)N2Cc1ccccc1. The van der Waals surface area contributed by atoms with Crippen LogP contribution in [0.1, 0.15) is 31.2 Å². The third-order valence-electron chi connectivity index (χ3n) is 4.70. The van der Waals surface area contributed by atoms with E-state index in [4.69, 9.17) is 5.11 Å². The molecular weight excluding hydrogens is 254 g/mol. The summed E-state index contributed by atoms with van der Waals surface area (Å²) in [7, 11) is 0. The van der Waals surface area contributed by atoms with Gasteiger partial charge in [0.15, 0.2) is 0 Å². The lowest BCUT2D eigenvalue weighted by molar-refractivity contribution is -0.138. The number of aliphatic hydroxyl groups is 1. The summed E-state index contributed by atoms with van der Waals surface area (Å²) in [4.78, 5) is 13.3. The number of carbonyl (C=O) groups is 1. The van der Waals surface area contributed by atoms with E-state index in [9.17, 15) is 9.90 Å². The molecular formula is C16H21NO3. The fourth-order valence-corrected chi connectivity index (χ4v) is 3.86. The van der Waals surface area contributed by atoms with E-state index in [-0.39, 0.29) is 24.5 Å². The van der Waals surface area contributed by atoms with Crippen LogP contribution >= 0.6 is 0 Å². The molecule has 0 radical (unpaired) electrons. The first-order chi connectivity index (χ1) is 9.63. The quantitative estimate of drug-likeness (QED) is 0.880. The van der Waals surface area contributed by atoms with E-state index in [2.05, 4.69) is 17.0 Å². The maximum Gasteiger partial charge on any atom is 0.303 e. The Balaban J connectivity index is 1.70. The molecule has 2 N–H and O–H groups in total. The zero-order valence-electron chi connectivity index (χ0n) is 11.5. The Morgan fingerprint density at radius 1 is 1.20 bits per heavy atom. The molecule has 2 saturated heterocycles. The molecule has 0 aromatic heterocycles. The Bertz CT molecular complexity index is 476. The third-order valence-corrected chi connectivity index (χ3v) is 4.70. The van der Waals surface area contributed by atoms with Crippen molar-refractivity contribution in [2.24, 2.45) is 5.92 Å². The van der Waals surface area contributed by atoms with Gasteiger partial charge in [-0.25, -0.2) is 0 Å². The van der Waals surface area contributed by atoms with Crippen molar-refractivity contribution in [3.05, 3.63) is 35.9 Å². The van der Waals surface area contributed by atoms with Crippen LogP contribution in [0, 0.1) is 5.92 Å². The first-order valence-corrected chi connectivity index (χ1v) is 7.33. The predicted molar refractivity (Wildman–Crippen MR) is 75.2 cm³/mol. The van der Waals surface area contributed by atoms with Crippen molar-refractivity contribution in [2.45, 2.75) is 50.4 Å². The second kappa shape index (κ2) is 5.54. The van der Waals surface area contributed by atoms with Crippen molar-refractivity contribution in [3.8, 4) is 0 Å². The molecule has 4 heteroatoms. The molecule has 4 unspecified atom stereocenters. The van der Waals surface area contributed by atoms with Crippen LogP contribution in [0.3, 0.4) is 0 Å². The number of rotatable bonds is 4. The van der Waals surface area contributed by atoms with Crippen LogP contribution in [0.25, 0.3) is 0 Å². The van der Waals surface area contributed by atoms with Gasteiger partial charge in [0.2, 0.25) is 0 Å². The number of aliphatic hydroxyl groups excluding tert-OH is 1. The molecule has 2 aliphatic rings. The summed E-state index contributed by atoms with van der Waals surface area (Å²) in [5, 5.41) is 19.2. The Kier molecular flexibility index (Phi) is 3.76. The molecule has 0 amide bonds. The van der Waals surface area contributed by atoms with Crippen LogP contribution in [-0.4, -0.2) is 39.3 Å². The zero-order chi connectivity index (χ0) is 14.1. The number of piperidine rings is 1. The van der Waals surface area contributed by atoms with Crippen molar-refractivity contribution in [2.75, 3.05) is 0 Å². The van der Waals surface area contributed by atoms with Gasteiger partial charge in [0.05, 0.1) is 6.10 Å². The van der Waals surface area contributed by atoms with Gasteiger partial charge >= 0.3 is 5.97 Å². The van der Waals surface area contributed by atoms with Gasteiger partial charge in [0.25, 0.3) is 0 Å². The number of aliphatic carboxylic acids is 1. The number of nitrogens with zero attached hydrogens (tertiary/aromatic N) is 1. The van der Waals surface area contributed by atoms with Gasteiger partial charge in [-0.05, 0) is 30.7 Å². The highest BCUT2D eigenvalue weighted by Crippen LogP contribution is 2.40. The van der Waals surface area contributed by atoms with Crippen molar-refractivity contribution in [1.82, 2.24) is 4.90 Å². The molecule has 2 aliphatic heterocycles. The van der Waals surface area contributed by atoms with Crippen LogP contribution < -0.4 is 0 Å². The maximum atomic E-state index is 10.9. The lowest BCUT2D eigenvalue weighted by atomic mass is 9.88. The second-order valence-corrected chi connectivity index (χ2v) is 6.12. The van der Waals surface area contributed by atoms with Crippen molar-refractivity contribution >= 4 is 5.97 Å². The van der Waals surface area contributed by atoms with Gasteiger partial charge < -0.3 is 10.2 Å². The minimum Gasteiger partial charge on any atom is -0.481 e. The summed E-state index contributed by atoms with van der Waals surface area (Å²) in [6.45, 7) is 0.854. The first kappa shape index (κ1) is 13.6. The number of carboxylic acid groups (broad SMARTS) is 1. The molecule has 2 heterocycles. The highest BCUT2D eigenvalue weighted by Gasteiger charge is 2.46. The van der Waals surface area contributed by atoms with Crippen LogP contribution in [-0.2, 0) is 11.3 Å². The Morgan fingerprint density at radius 3 is 2.60 bits per heavy atom. The normalized spacial score (nSPS) is 33.2. The van der Waals surface area contributed by atoms with Gasteiger partial charge in [-0.15, -0.1) is 0 Å². The van der Waals surface area contributed by atoms with Crippen molar-refractivity contribution in [1.29, 1.82) is 0 Å². The lowest BCUT2D eigenvalue weighted by Gasteiger charge is -2.38. The average molecular weight is 275 g/mol. The largest absolute Gasteiger partial charge is 0.481 e. The minimum atomic E-state index is -0.722. The topological polar surface area (TPSA) is 60.8 Å². The summed E-state index contributed by atoms with van der Waals surface area (Å²) in [5.41, 5.74) is 1.26. The average Bonchev–Trinajstić information content (AvgIpc) is 2.58. The summed E-state index contributed by atoms with van der Waals surface area (Å²) in [6.07, 6.45) is 2.42. The third kappa shape index (κ3) is 2.72. The van der Waals surface area contributed by atoms with Gasteiger partial charge in [-0.3, -0.25) is 9.69 Å². The Labute approximate surface area is 119 Å². The van der Waals surface area contributed by atoms with Crippen molar-refractivity contribution in [3.63, 3.8) is 0 Å². The van der Waals surface area contributed by atoms with Gasteiger partial charge in [-0.2, -0.15) is 0 Å². The molecule has 4 atom stereocenters. The molecule has 2 bridgehead atoms. The summed E-state index contributed by atoms with van der Waals surface area (Å²) in [6, 6.07) is 10.7. The molecule has 1 aromatic carbocycles. The smallest absolute Gasteiger partial charge is 0.303 e. The molecule has 0 aliphatic carbocycles. The number of hydrogen-bond acceptors (Lipinski definition) is 3. The van der Waals surface area contributed by atoms with E-state index < -0.39 is 5.97 Å². The summed E-state index contributed by atoms with van der Waals surface area (Å²) >= 11 is 0. The fraction of sp³-hybridized carbons (Fsp3) is 0.562. The van der Waals surface area contributed by atoms with E-state index in [1.54, 1.807) is 0 Å². The van der Waals surface area contributed by atoms with E-state index in [1.807, 2.05) is 18.2 Å². The van der Waals surface area contributed by atoms with E-state index in [1.165, 1.54) is 5.56 Å². The molecule has 20 heavy (non-hydrogen) atoms. The highest BCUT2D eigenvalue weighted by atomic mass is 16.4. The van der Waals surface area contributed by atoms with Gasteiger partial charge in [0, 0.05) is 25.0 Å². The van der Waals surface area contributed by atoms with Crippen LogP contribution in [0.2, 0.25) is 0 Å². The monoisotopic (exact) mass is 275 g/mol. The molecule has 1 aromatic rings. The van der Waals surface area contributed by atoms with Gasteiger partial charge in [0.1, 0.15) is 0 Å². The molecule has 0 spiro atoms. The van der Waals surface area contributed by atoms with E-state index in [0.717, 1.165) is 25.8 Å². The van der Waals surface area contributed by atoms with Crippen LogP contribution in [0.4, 0.5) is 0 Å². The van der Waals surface area contributed by atoms with Gasteiger partial charge in [-0.1, -0.05) is 30.3 Å². The number of fused-ring (bicyclic) bond motifs is 2. The molecule has 2 fully saturated rings.